The summed E-state index contributed by atoms with van der Waals surface area (Å²) in [7, 11) is 0. The van der Waals surface area contributed by atoms with E-state index in [9.17, 15) is 9.59 Å². The van der Waals surface area contributed by atoms with E-state index in [4.69, 9.17) is 5.11 Å². The summed E-state index contributed by atoms with van der Waals surface area (Å²) in [6.07, 6.45) is 10.3. The number of hydrogen-bond donors (Lipinski definition) is 1. The molecule has 0 radical (unpaired) electrons. The molecule has 3 heteroatoms. The second kappa shape index (κ2) is 10.4. The van der Waals surface area contributed by atoms with Crippen LogP contribution in [0, 0.1) is 0 Å². The Bertz CT molecular complexity index is 231. The number of unbranched alkanes of at least 4 members (excludes halogenated alkanes) is 6. The first-order valence-corrected chi connectivity index (χ1v) is 6.06. The Morgan fingerprint density at radius 1 is 1.12 bits per heavy atom. The van der Waals surface area contributed by atoms with Crippen LogP contribution in [-0.2, 0) is 9.59 Å². The third-order valence-electron chi connectivity index (χ3n) is 2.47. The van der Waals surface area contributed by atoms with Gasteiger partial charge in [-0.15, -0.1) is 0 Å². The van der Waals surface area contributed by atoms with Gasteiger partial charge in [0.15, 0.2) is 0 Å². The second-order valence-electron chi connectivity index (χ2n) is 4.02. The number of aliphatic carboxylic acids is 1. The smallest absolute Gasteiger partial charge is 0.307 e. The summed E-state index contributed by atoms with van der Waals surface area (Å²) >= 11 is 0. The number of hydrogen-bond acceptors (Lipinski definition) is 2. The molecule has 0 atom stereocenters. The average molecular weight is 226 g/mol. The molecular formula is C13H22O3. The highest BCUT2D eigenvalue weighted by Crippen LogP contribution is 2.09. The van der Waals surface area contributed by atoms with Crippen LogP contribution in [0.1, 0.15) is 58.3 Å². The standard InChI is InChI=1S/C13H22O3/c1-2-3-4-5-6-7-8-9-12(11-14)10-13(15)16/h9,11H,2-8,10H2,1H3,(H,15,16)/b12-9-. The van der Waals surface area contributed by atoms with E-state index in [-0.39, 0.29) is 6.42 Å². The molecule has 3 nitrogen and oxygen atoms in total. The van der Waals surface area contributed by atoms with Crippen molar-refractivity contribution in [1.29, 1.82) is 0 Å². The van der Waals surface area contributed by atoms with Gasteiger partial charge in [0.1, 0.15) is 6.29 Å². The number of rotatable bonds is 10. The maximum absolute atomic E-state index is 10.5. The highest BCUT2D eigenvalue weighted by atomic mass is 16.4. The van der Waals surface area contributed by atoms with E-state index in [2.05, 4.69) is 6.92 Å². The predicted molar refractivity (Wildman–Crippen MR) is 64.4 cm³/mol. The van der Waals surface area contributed by atoms with Crippen molar-refractivity contribution in [3.05, 3.63) is 11.6 Å². The van der Waals surface area contributed by atoms with Gasteiger partial charge in [-0.3, -0.25) is 9.59 Å². The molecule has 0 heterocycles. The van der Waals surface area contributed by atoms with Gasteiger partial charge >= 0.3 is 5.97 Å². The maximum Gasteiger partial charge on any atom is 0.307 e. The lowest BCUT2D eigenvalue weighted by molar-refractivity contribution is -0.136. The zero-order valence-electron chi connectivity index (χ0n) is 10.1. The molecule has 16 heavy (non-hydrogen) atoms. The molecule has 0 aromatic carbocycles. The summed E-state index contributed by atoms with van der Waals surface area (Å²) in [4.78, 5) is 20.9. The van der Waals surface area contributed by atoms with E-state index in [0.717, 1.165) is 19.3 Å². The summed E-state index contributed by atoms with van der Waals surface area (Å²) in [5, 5.41) is 8.52. The number of carboxylic acid groups (broad SMARTS) is 1. The molecule has 0 spiro atoms. The van der Waals surface area contributed by atoms with Crippen LogP contribution >= 0.6 is 0 Å². The predicted octanol–water partition coefficient (Wildman–Crippen LogP) is 3.34. The van der Waals surface area contributed by atoms with Crippen molar-refractivity contribution in [2.24, 2.45) is 0 Å². The fraction of sp³-hybridized carbons (Fsp3) is 0.692. The third-order valence-corrected chi connectivity index (χ3v) is 2.47. The van der Waals surface area contributed by atoms with E-state index in [1.54, 1.807) is 6.08 Å². The fourth-order valence-corrected chi connectivity index (χ4v) is 1.55. The van der Waals surface area contributed by atoms with Crippen molar-refractivity contribution < 1.29 is 14.7 Å². The number of allylic oxidation sites excluding steroid dienone is 1. The average Bonchev–Trinajstić information content (AvgIpc) is 2.25. The quantitative estimate of drug-likeness (QED) is 0.353. The van der Waals surface area contributed by atoms with Crippen LogP contribution in [0.4, 0.5) is 0 Å². The Kier molecular flexibility index (Phi) is 9.67. The van der Waals surface area contributed by atoms with Gasteiger partial charge in [-0.05, 0) is 18.4 Å². The summed E-state index contributed by atoms with van der Waals surface area (Å²) in [6, 6.07) is 0. The molecule has 0 aliphatic rings. The van der Waals surface area contributed by atoms with Crippen LogP contribution in [0.25, 0.3) is 0 Å². The first-order chi connectivity index (χ1) is 7.70. The van der Waals surface area contributed by atoms with Gasteiger partial charge in [0.25, 0.3) is 0 Å². The van der Waals surface area contributed by atoms with Gasteiger partial charge in [0.2, 0.25) is 0 Å². The van der Waals surface area contributed by atoms with E-state index in [1.807, 2.05) is 0 Å². The molecular weight excluding hydrogens is 204 g/mol. The third kappa shape index (κ3) is 9.44. The number of aldehydes is 1. The molecule has 0 saturated carbocycles. The van der Waals surface area contributed by atoms with E-state index < -0.39 is 5.97 Å². The van der Waals surface area contributed by atoms with Gasteiger partial charge in [-0.1, -0.05) is 45.1 Å². The lowest BCUT2D eigenvalue weighted by atomic mass is 10.1. The Hall–Kier alpha value is -1.12. The van der Waals surface area contributed by atoms with Crippen molar-refractivity contribution in [2.75, 3.05) is 0 Å². The molecule has 0 saturated heterocycles. The van der Waals surface area contributed by atoms with Crippen LogP contribution in [-0.4, -0.2) is 17.4 Å². The van der Waals surface area contributed by atoms with Crippen LogP contribution < -0.4 is 0 Å². The number of carbonyl (C=O) groups is 2. The molecule has 92 valence electrons. The summed E-state index contributed by atoms with van der Waals surface area (Å²) in [5.41, 5.74) is 0.390. The first kappa shape index (κ1) is 14.9. The molecule has 0 aromatic rings. The van der Waals surface area contributed by atoms with Gasteiger partial charge < -0.3 is 5.11 Å². The molecule has 0 unspecified atom stereocenters. The normalized spacial score (nSPS) is 11.4. The minimum atomic E-state index is -0.943. The van der Waals surface area contributed by atoms with Crippen LogP contribution in [0.5, 0.6) is 0 Å². The first-order valence-electron chi connectivity index (χ1n) is 6.06. The van der Waals surface area contributed by atoms with Gasteiger partial charge in [-0.25, -0.2) is 0 Å². The maximum atomic E-state index is 10.5. The van der Waals surface area contributed by atoms with Crippen LogP contribution in [0.3, 0.4) is 0 Å². The molecule has 0 aromatic heterocycles. The zero-order valence-corrected chi connectivity index (χ0v) is 10.1. The minimum absolute atomic E-state index is 0.153. The lowest BCUT2D eigenvalue weighted by Gasteiger charge is -1.99. The Labute approximate surface area is 97.5 Å². The zero-order chi connectivity index (χ0) is 12.2. The Morgan fingerprint density at radius 3 is 2.31 bits per heavy atom. The topological polar surface area (TPSA) is 54.4 Å². The van der Waals surface area contributed by atoms with E-state index in [0.29, 0.717) is 11.9 Å². The molecule has 0 aliphatic carbocycles. The van der Waals surface area contributed by atoms with Crippen molar-refractivity contribution in [3.8, 4) is 0 Å². The van der Waals surface area contributed by atoms with Crippen molar-refractivity contribution >= 4 is 12.3 Å². The summed E-state index contributed by atoms with van der Waals surface area (Å²) < 4.78 is 0. The van der Waals surface area contributed by atoms with Gasteiger partial charge in [0.05, 0.1) is 6.42 Å². The number of carboxylic acids is 1. The largest absolute Gasteiger partial charge is 0.481 e. The molecule has 0 fully saturated rings. The fourth-order valence-electron chi connectivity index (χ4n) is 1.55. The van der Waals surface area contributed by atoms with Crippen molar-refractivity contribution in [2.45, 2.75) is 58.3 Å². The highest BCUT2D eigenvalue weighted by Gasteiger charge is 2.01. The molecule has 0 bridgehead atoms. The monoisotopic (exact) mass is 226 g/mol. The molecule has 0 rings (SSSR count). The van der Waals surface area contributed by atoms with Crippen molar-refractivity contribution in [3.63, 3.8) is 0 Å². The van der Waals surface area contributed by atoms with Gasteiger partial charge in [0, 0.05) is 0 Å². The molecule has 0 amide bonds. The van der Waals surface area contributed by atoms with E-state index >= 15 is 0 Å². The Morgan fingerprint density at radius 2 is 1.75 bits per heavy atom. The lowest BCUT2D eigenvalue weighted by Crippen LogP contribution is -1.98. The molecule has 0 aliphatic heterocycles. The van der Waals surface area contributed by atoms with E-state index in [1.165, 1.54) is 25.7 Å². The summed E-state index contributed by atoms with van der Waals surface area (Å²) in [6.45, 7) is 2.19. The second-order valence-corrected chi connectivity index (χ2v) is 4.02. The Balaban J connectivity index is 3.55. The molecule has 1 N–H and O–H groups in total. The SMILES string of the molecule is CCCCCCCC/C=C(\C=O)CC(=O)O. The number of carbonyl (C=O) groups excluding carboxylic acids is 1. The highest BCUT2D eigenvalue weighted by molar-refractivity contribution is 5.83. The minimum Gasteiger partial charge on any atom is -0.481 e. The van der Waals surface area contributed by atoms with Crippen LogP contribution in [0.15, 0.2) is 11.6 Å². The van der Waals surface area contributed by atoms with Crippen LogP contribution in [0.2, 0.25) is 0 Å². The van der Waals surface area contributed by atoms with Crippen molar-refractivity contribution in [1.82, 2.24) is 0 Å². The van der Waals surface area contributed by atoms with Gasteiger partial charge in [-0.2, -0.15) is 0 Å². The summed E-state index contributed by atoms with van der Waals surface area (Å²) in [5.74, 6) is -0.943.